The third kappa shape index (κ3) is 7.36. The van der Waals surface area contributed by atoms with E-state index in [0.717, 1.165) is 12.1 Å². The van der Waals surface area contributed by atoms with Crippen LogP contribution in [0.3, 0.4) is 0 Å². The molecule has 0 saturated carbocycles. The minimum absolute atomic E-state index is 0.0663. The standard InChI is InChI=1S/C24H23Cl2F6NO/c25-20-13-17(24(30,31)32)14-21(26)19(20)11-15-3-4-22(27)16(10-15)12-18(34)2-1-7-33-8-5-23(28,29)6-9-33/h3-4,10,13-14H,1-2,5-9,11-12H2. The highest BCUT2D eigenvalue weighted by atomic mass is 35.5. The van der Waals surface area contributed by atoms with Crippen LogP contribution < -0.4 is 0 Å². The summed E-state index contributed by atoms with van der Waals surface area (Å²) in [5.74, 6) is -3.38. The summed E-state index contributed by atoms with van der Waals surface area (Å²) in [4.78, 5) is 14.3. The molecule has 1 heterocycles. The summed E-state index contributed by atoms with van der Waals surface area (Å²) in [5.41, 5.74) is 0.0171. The van der Waals surface area contributed by atoms with Crippen LogP contribution in [0.2, 0.25) is 10.0 Å². The Labute approximate surface area is 203 Å². The second-order valence-electron chi connectivity index (χ2n) is 8.54. The number of carbonyl (C=O) groups is 1. The molecular weight excluding hydrogens is 503 g/mol. The molecule has 0 aromatic heterocycles. The first-order chi connectivity index (χ1) is 15.8. The molecule has 0 aliphatic carbocycles. The minimum Gasteiger partial charge on any atom is -0.303 e. The number of likely N-dealkylation sites (tertiary alicyclic amines) is 1. The summed E-state index contributed by atoms with van der Waals surface area (Å²) in [7, 11) is 0. The van der Waals surface area contributed by atoms with Crippen molar-refractivity contribution >= 4 is 29.0 Å². The summed E-state index contributed by atoms with van der Waals surface area (Å²) in [5, 5.41) is -0.311. The van der Waals surface area contributed by atoms with Gasteiger partial charge in [0.25, 0.3) is 5.92 Å². The number of alkyl halides is 5. The molecule has 2 aromatic carbocycles. The molecule has 2 aromatic rings. The van der Waals surface area contributed by atoms with Crippen LogP contribution in [0.15, 0.2) is 30.3 Å². The van der Waals surface area contributed by atoms with Crippen molar-refractivity contribution in [2.75, 3.05) is 19.6 Å². The molecule has 34 heavy (non-hydrogen) atoms. The number of halogens is 8. The van der Waals surface area contributed by atoms with Crippen molar-refractivity contribution in [3.05, 3.63) is 68.4 Å². The maximum atomic E-state index is 14.3. The van der Waals surface area contributed by atoms with E-state index in [4.69, 9.17) is 23.2 Å². The van der Waals surface area contributed by atoms with E-state index in [-0.39, 0.29) is 72.1 Å². The van der Waals surface area contributed by atoms with Gasteiger partial charge >= 0.3 is 6.18 Å². The van der Waals surface area contributed by atoms with Crippen LogP contribution in [0.5, 0.6) is 0 Å². The van der Waals surface area contributed by atoms with Crippen LogP contribution in [0.1, 0.15) is 47.9 Å². The molecule has 1 fully saturated rings. The molecule has 0 radical (unpaired) electrons. The third-order valence-electron chi connectivity index (χ3n) is 5.86. The van der Waals surface area contributed by atoms with Crippen LogP contribution in [0, 0.1) is 5.82 Å². The highest BCUT2D eigenvalue weighted by Crippen LogP contribution is 2.37. The van der Waals surface area contributed by atoms with Gasteiger partial charge in [-0.3, -0.25) is 4.79 Å². The largest absolute Gasteiger partial charge is 0.416 e. The lowest BCUT2D eigenvalue weighted by Gasteiger charge is -2.31. The molecule has 0 amide bonds. The molecular formula is C24H23Cl2F6NO. The van der Waals surface area contributed by atoms with E-state index in [9.17, 15) is 31.1 Å². The second-order valence-corrected chi connectivity index (χ2v) is 9.35. The molecule has 0 N–H and O–H groups in total. The van der Waals surface area contributed by atoms with E-state index < -0.39 is 23.5 Å². The lowest BCUT2D eigenvalue weighted by molar-refractivity contribution is -0.137. The van der Waals surface area contributed by atoms with Crippen LogP contribution in [0.25, 0.3) is 0 Å². The van der Waals surface area contributed by atoms with Gasteiger partial charge in [0.2, 0.25) is 0 Å². The van der Waals surface area contributed by atoms with Gasteiger partial charge in [-0.1, -0.05) is 35.3 Å². The zero-order chi connectivity index (χ0) is 25.1. The maximum Gasteiger partial charge on any atom is 0.416 e. The van der Waals surface area contributed by atoms with Crippen molar-refractivity contribution in [1.82, 2.24) is 4.90 Å². The van der Waals surface area contributed by atoms with Crippen molar-refractivity contribution in [3.63, 3.8) is 0 Å². The number of nitrogens with zero attached hydrogens (tertiary/aromatic N) is 1. The Hall–Kier alpha value is -1.77. The van der Waals surface area contributed by atoms with Crippen molar-refractivity contribution in [2.45, 2.75) is 50.6 Å². The van der Waals surface area contributed by atoms with E-state index in [1.54, 1.807) is 0 Å². The number of hydrogen-bond donors (Lipinski definition) is 0. The Kier molecular flexibility index (Phi) is 8.58. The van der Waals surface area contributed by atoms with E-state index in [1.165, 1.54) is 18.2 Å². The van der Waals surface area contributed by atoms with Gasteiger partial charge in [0.15, 0.2) is 0 Å². The Morgan fingerprint density at radius 2 is 1.65 bits per heavy atom. The molecule has 0 spiro atoms. The molecule has 186 valence electrons. The van der Waals surface area contributed by atoms with E-state index >= 15 is 0 Å². The topological polar surface area (TPSA) is 20.3 Å². The normalized spacial score (nSPS) is 16.6. The summed E-state index contributed by atoms with van der Waals surface area (Å²) >= 11 is 12.0. The van der Waals surface area contributed by atoms with Crippen LogP contribution in [0.4, 0.5) is 26.3 Å². The van der Waals surface area contributed by atoms with Crippen molar-refractivity contribution in [2.24, 2.45) is 0 Å². The summed E-state index contributed by atoms with van der Waals surface area (Å²) in [6, 6.07) is 5.71. The number of ketones is 1. The Bertz CT molecular complexity index is 1010. The predicted molar refractivity (Wildman–Crippen MR) is 119 cm³/mol. The molecule has 2 nitrogen and oxygen atoms in total. The lowest BCUT2D eigenvalue weighted by Crippen LogP contribution is -2.39. The van der Waals surface area contributed by atoms with E-state index in [1.807, 2.05) is 4.90 Å². The number of hydrogen-bond acceptors (Lipinski definition) is 2. The third-order valence-corrected chi connectivity index (χ3v) is 6.54. The van der Waals surface area contributed by atoms with Gasteiger partial charge in [0, 0.05) is 55.2 Å². The zero-order valence-electron chi connectivity index (χ0n) is 18.1. The molecule has 0 atom stereocenters. The minimum atomic E-state index is -4.59. The van der Waals surface area contributed by atoms with Gasteiger partial charge in [-0.05, 0) is 47.9 Å². The van der Waals surface area contributed by atoms with Gasteiger partial charge in [-0.15, -0.1) is 0 Å². The Balaban J connectivity index is 1.59. The number of piperidine rings is 1. The quantitative estimate of drug-likeness (QED) is 0.335. The molecule has 1 aliphatic heterocycles. The number of carbonyl (C=O) groups excluding carboxylic acids is 1. The number of benzene rings is 2. The fourth-order valence-corrected chi connectivity index (χ4v) is 4.54. The summed E-state index contributed by atoms with van der Waals surface area (Å²) < 4.78 is 79.5. The summed E-state index contributed by atoms with van der Waals surface area (Å²) in [6.07, 6.45) is -4.37. The maximum absolute atomic E-state index is 14.3. The first-order valence-corrected chi connectivity index (χ1v) is 11.5. The van der Waals surface area contributed by atoms with Crippen LogP contribution in [-0.4, -0.2) is 36.2 Å². The van der Waals surface area contributed by atoms with Crippen molar-refractivity contribution in [3.8, 4) is 0 Å². The first-order valence-electron chi connectivity index (χ1n) is 10.8. The monoisotopic (exact) mass is 525 g/mol. The SMILES string of the molecule is O=C(CCCN1CCC(F)(F)CC1)Cc1cc(Cc2c(Cl)cc(C(F)(F)F)cc2Cl)ccc1F. The highest BCUT2D eigenvalue weighted by molar-refractivity contribution is 6.36. The molecule has 0 unspecified atom stereocenters. The molecule has 3 rings (SSSR count). The van der Waals surface area contributed by atoms with Crippen LogP contribution >= 0.6 is 23.2 Å². The van der Waals surface area contributed by atoms with Gasteiger partial charge in [-0.2, -0.15) is 13.2 Å². The van der Waals surface area contributed by atoms with Crippen molar-refractivity contribution in [1.29, 1.82) is 0 Å². The zero-order valence-corrected chi connectivity index (χ0v) is 19.6. The average Bonchev–Trinajstić information content (AvgIpc) is 2.73. The van der Waals surface area contributed by atoms with E-state index in [2.05, 4.69) is 0 Å². The second kappa shape index (κ2) is 10.9. The van der Waals surface area contributed by atoms with Crippen LogP contribution in [-0.2, 0) is 23.8 Å². The Morgan fingerprint density at radius 1 is 1.03 bits per heavy atom. The van der Waals surface area contributed by atoms with Gasteiger partial charge < -0.3 is 4.90 Å². The fraction of sp³-hybridized carbons (Fsp3) is 0.458. The lowest BCUT2D eigenvalue weighted by atomic mass is 9.98. The number of rotatable bonds is 8. The van der Waals surface area contributed by atoms with Gasteiger partial charge in [-0.25, -0.2) is 13.2 Å². The van der Waals surface area contributed by atoms with Gasteiger partial charge in [0.05, 0.1) is 5.56 Å². The molecule has 0 bridgehead atoms. The average molecular weight is 526 g/mol. The summed E-state index contributed by atoms with van der Waals surface area (Å²) in [6.45, 7) is 1.09. The Morgan fingerprint density at radius 3 is 2.24 bits per heavy atom. The predicted octanol–water partition coefficient (Wildman–Crippen LogP) is 7.37. The first kappa shape index (κ1) is 26.8. The fourth-order valence-electron chi connectivity index (χ4n) is 3.92. The van der Waals surface area contributed by atoms with Gasteiger partial charge in [0.1, 0.15) is 11.6 Å². The number of Topliss-reactive ketones (excluding diaryl/α,β-unsaturated/α-hetero) is 1. The van der Waals surface area contributed by atoms with E-state index in [0.29, 0.717) is 18.5 Å². The highest BCUT2D eigenvalue weighted by Gasteiger charge is 2.34. The molecule has 1 saturated heterocycles. The van der Waals surface area contributed by atoms with Crippen molar-refractivity contribution < 1.29 is 31.1 Å². The smallest absolute Gasteiger partial charge is 0.303 e. The molecule has 1 aliphatic rings. The molecule has 10 heteroatoms.